The zero-order chi connectivity index (χ0) is 23.6. The van der Waals surface area contributed by atoms with E-state index in [0.29, 0.717) is 37.6 Å². The number of aromatic nitrogens is 2. The molecule has 0 aliphatic carbocycles. The van der Waals surface area contributed by atoms with Crippen LogP contribution in [0.5, 0.6) is 0 Å². The predicted molar refractivity (Wildman–Crippen MR) is 129 cm³/mol. The largest absolute Gasteiger partial charge is 0.342 e. The normalized spacial score (nSPS) is 15.2. The number of benzene rings is 2. The minimum Gasteiger partial charge on any atom is -0.342 e. The summed E-state index contributed by atoms with van der Waals surface area (Å²) < 4.78 is 27.9. The second-order valence-electron chi connectivity index (χ2n) is 8.66. The number of nitrogens with zero attached hydrogens (tertiary/aromatic N) is 3. The Bertz CT molecular complexity index is 1200. The van der Waals surface area contributed by atoms with Gasteiger partial charge in [-0.25, -0.2) is 18.2 Å². The number of nitrogens with one attached hydrogen (secondary N) is 2. The van der Waals surface area contributed by atoms with Crippen molar-refractivity contribution in [3.8, 4) is 0 Å². The van der Waals surface area contributed by atoms with Crippen molar-refractivity contribution < 1.29 is 13.2 Å². The molecule has 8 nitrogen and oxygen atoms in total. The zero-order valence-electron chi connectivity index (χ0n) is 19.4. The molecule has 9 heteroatoms. The van der Waals surface area contributed by atoms with Gasteiger partial charge >= 0.3 is 6.03 Å². The van der Waals surface area contributed by atoms with E-state index in [1.807, 2.05) is 57.2 Å². The first-order chi connectivity index (χ1) is 15.8. The summed E-state index contributed by atoms with van der Waals surface area (Å²) >= 11 is 0. The Labute approximate surface area is 195 Å². The van der Waals surface area contributed by atoms with Crippen molar-refractivity contribution in [2.75, 3.05) is 32.7 Å². The highest BCUT2D eigenvalue weighted by molar-refractivity contribution is 7.89. The number of piperazine rings is 1. The van der Waals surface area contributed by atoms with Crippen LogP contribution >= 0.6 is 0 Å². The minimum absolute atomic E-state index is 0.153. The van der Waals surface area contributed by atoms with Crippen molar-refractivity contribution in [3.05, 3.63) is 58.9 Å². The van der Waals surface area contributed by atoms with Crippen LogP contribution in [0.25, 0.3) is 11.0 Å². The average Bonchev–Trinajstić information content (AvgIpc) is 3.18. The van der Waals surface area contributed by atoms with Crippen molar-refractivity contribution >= 4 is 27.1 Å². The molecule has 1 saturated heterocycles. The molecule has 3 aromatic rings. The summed E-state index contributed by atoms with van der Waals surface area (Å²) in [5.74, 6) is 0.908. The van der Waals surface area contributed by atoms with Crippen LogP contribution in [0, 0.1) is 20.8 Å². The lowest BCUT2D eigenvalue weighted by atomic mass is 10.1. The molecule has 0 bridgehead atoms. The van der Waals surface area contributed by atoms with E-state index in [4.69, 9.17) is 0 Å². The monoisotopic (exact) mass is 469 g/mol. The molecule has 0 radical (unpaired) electrons. The Kier molecular flexibility index (Phi) is 6.71. The smallest absolute Gasteiger partial charge is 0.317 e. The highest BCUT2D eigenvalue weighted by Gasteiger charge is 2.32. The van der Waals surface area contributed by atoms with Crippen LogP contribution < -0.4 is 5.32 Å². The van der Waals surface area contributed by atoms with Crippen molar-refractivity contribution in [1.29, 1.82) is 0 Å². The quantitative estimate of drug-likeness (QED) is 0.542. The topological polar surface area (TPSA) is 98.4 Å². The number of amides is 2. The number of rotatable bonds is 6. The van der Waals surface area contributed by atoms with E-state index < -0.39 is 10.0 Å². The Morgan fingerprint density at radius 3 is 2.39 bits per heavy atom. The number of sulfonamides is 1. The molecule has 0 atom stereocenters. The summed E-state index contributed by atoms with van der Waals surface area (Å²) in [5.41, 5.74) is 4.53. The van der Waals surface area contributed by atoms with E-state index in [1.54, 1.807) is 4.90 Å². The molecule has 0 unspecified atom stereocenters. The van der Waals surface area contributed by atoms with E-state index in [2.05, 4.69) is 15.3 Å². The summed E-state index contributed by atoms with van der Waals surface area (Å²) in [6.07, 6.45) is 1.52. The van der Waals surface area contributed by atoms with Crippen LogP contribution in [0.4, 0.5) is 4.79 Å². The molecule has 1 aromatic heterocycles. The third-order valence-corrected chi connectivity index (χ3v) is 8.24. The van der Waals surface area contributed by atoms with Gasteiger partial charge in [-0.3, -0.25) is 0 Å². The third kappa shape index (κ3) is 5.04. The Hall–Kier alpha value is -2.91. The number of imidazole rings is 1. The van der Waals surface area contributed by atoms with Gasteiger partial charge in [0, 0.05) is 39.1 Å². The van der Waals surface area contributed by atoms with Crippen LogP contribution in [0.2, 0.25) is 0 Å². The van der Waals surface area contributed by atoms with E-state index in [0.717, 1.165) is 46.4 Å². The van der Waals surface area contributed by atoms with Crippen LogP contribution in [0.15, 0.2) is 41.3 Å². The van der Waals surface area contributed by atoms with Gasteiger partial charge in [0.05, 0.1) is 15.9 Å². The highest BCUT2D eigenvalue weighted by Crippen LogP contribution is 2.26. The van der Waals surface area contributed by atoms with Crippen LogP contribution in [0.3, 0.4) is 0 Å². The van der Waals surface area contributed by atoms with Crippen molar-refractivity contribution in [1.82, 2.24) is 24.5 Å². The minimum atomic E-state index is -3.59. The highest BCUT2D eigenvalue weighted by atomic mass is 32.2. The molecule has 176 valence electrons. The number of para-hydroxylation sites is 2. The fraction of sp³-hybridized carbons (Fsp3) is 0.417. The Morgan fingerprint density at radius 2 is 1.73 bits per heavy atom. The number of carbonyl (C=O) groups excluding carboxylic acids is 1. The molecule has 2 amide bonds. The number of urea groups is 1. The molecular formula is C24H31N5O3S. The van der Waals surface area contributed by atoms with Crippen molar-refractivity contribution in [3.63, 3.8) is 0 Å². The maximum absolute atomic E-state index is 13.2. The van der Waals surface area contributed by atoms with Gasteiger partial charge in [0.2, 0.25) is 10.0 Å². The Morgan fingerprint density at radius 1 is 1.06 bits per heavy atom. The second kappa shape index (κ2) is 9.52. The molecule has 2 heterocycles. The molecule has 1 fully saturated rings. The van der Waals surface area contributed by atoms with E-state index >= 15 is 0 Å². The number of aromatic amines is 1. The molecule has 2 aromatic carbocycles. The van der Waals surface area contributed by atoms with Gasteiger partial charge in [0.1, 0.15) is 5.82 Å². The van der Waals surface area contributed by atoms with Gasteiger partial charge in [-0.15, -0.1) is 0 Å². The third-order valence-electron chi connectivity index (χ3n) is 6.03. The lowest BCUT2D eigenvalue weighted by Gasteiger charge is -2.34. The van der Waals surface area contributed by atoms with E-state index in [-0.39, 0.29) is 6.03 Å². The van der Waals surface area contributed by atoms with E-state index in [1.165, 1.54) is 4.31 Å². The lowest BCUT2D eigenvalue weighted by Crippen LogP contribution is -2.53. The second-order valence-corrected chi connectivity index (χ2v) is 10.5. The molecule has 1 aliphatic heterocycles. The molecule has 2 N–H and O–H groups in total. The standard InChI is InChI=1S/C24H31N5O3S/c1-17-15-18(2)23(19(3)16-17)33(31,32)29-13-11-28(12-14-29)24(30)25-10-6-9-22-26-20-7-4-5-8-21(20)27-22/h4-5,7-8,15-16H,6,9-14H2,1-3H3,(H,25,30)(H,26,27). The molecule has 0 spiro atoms. The number of carbonyl (C=O) groups is 1. The predicted octanol–water partition coefficient (Wildman–Crippen LogP) is 3.14. The molecule has 1 aliphatic rings. The van der Waals surface area contributed by atoms with E-state index in [9.17, 15) is 13.2 Å². The van der Waals surface area contributed by atoms with Gasteiger partial charge in [0.15, 0.2) is 0 Å². The molecular weight excluding hydrogens is 438 g/mol. The van der Waals surface area contributed by atoms with Gasteiger partial charge in [0.25, 0.3) is 0 Å². The number of fused-ring (bicyclic) bond motifs is 1. The summed E-state index contributed by atoms with van der Waals surface area (Å²) in [7, 11) is -3.59. The van der Waals surface area contributed by atoms with Crippen molar-refractivity contribution in [2.24, 2.45) is 0 Å². The fourth-order valence-electron chi connectivity index (χ4n) is 4.52. The lowest BCUT2D eigenvalue weighted by molar-refractivity contribution is 0.172. The Balaban J connectivity index is 1.26. The average molecular weight is 470 g/mol. The zero-order valence-corrected chi connectivity index (χ0v) is 20.2. The van der Waals surface area contributed by atoms with Gasteiger partial charge in [-0.2, -0.15) is 4.31 Å². The van der Waals surface area contributed by atoms with Crippen LogP contribution in [-0.4, -0.2) is 66.3 Å². The SMILES string of the molecule is Cc1cc(C)c(S(=O)(=O)N2CCN(C(=O)NCCCc3nc4ccccc4[nH]3)CC2)c(C)c1. The summed E-state index contributed by atoms with van der Waals surface area (Å²) in [4.78, 5) is 22.5. The molecule has 33 heavy (non-hydrogen) atoms. The number of H-pyrrole nitrogens is 1. The number of aryl methyl sites for hydroxylation is 4. The summed E-state index contributed by atoms with van der Waals surface area (Å²) in [6.45, 7) is 7.50. The molecule has 4 rings (SSSR count). The first-order valence-electron chi connectivity index (χ1n) is 11.3. The number of hydrogen-bond donors (Lipinski definition) is 2. The van der Waals surface area contributed by atoms with Crippen LogP contribution in [0.1, 0.15) is 28.9 Å². The van der Waals surface area contributed by atoms with Crippen molar-refractivity contribution in [2.45, 2.75) is 38.5 Å². The van der Waals surface area contributed by atoms with Gasteiger partial charge < -0.3 is 15.2 Å². The fourth-order valence-corrected chi connectivity index (χ4v) is 6.36. The summed E-state index contributed by atoms with van der Waals surface area (Å²) in [5, 5.41) is 2.94. The number of hydrogen-bond acceptors (Lipinski definition) is 4. The first kappa shape index (κ1) is 23.3. The van der Waals surface area contributed by atoms with Crippen LogP contribution in [-0.2, 0) is 16.4 Å². The van der Waals surface area contributed by atoms with Gasteiger partial charge in [-0.1, -0.05) is 29.8 Å². The molecule has 0 saturated carbocycles. The van der Waals surface area contributed by atoms with Gasteiger partial charge in [-0.05, 0) is 50.5 Å². The first-order valence-corrected chi connectivity index (χ1v) is 12.7. The summed E-state index contributed by atoms with van der Waals surface area (Å²) in [6, 6.07) is 11.5. The maximum Gasteiger partial charge on any atom is 0.317 e. The maximum atomic E-state index is 13.2.